The minimum Gasteiger partial charge on any atom is -0.497 e. The van der Waals surface area contributed by atoms with Crippen LogP contribution >= 0.6 is 11.3 Å². The number of fused-ring (bicyclic) bond motifs is 5. The molecule has 1 aromatic heterocycles. The SMILES string of the molecule is COc1ccc2c(=O)c3ccccc3c3sccc3c2c1. The van der Waals surface area contributed by atoms with Gasteiger partial charge in [-0.15, -0.1) is 11.3 Å². The highest BCUT2D eigenvalue weighted by Gasteiger charge is 2.10. The molecule has 3 aromatic carbocycles. The van der Waals surface area contributed by atoms with E-state index < -0.39 is 0 Å². The average Bonchev–Trinajstić information content (AvgIpc) is 2.99. The molecule has 0 atom stereocenters. The van der Waals surface area contributed by atoms with Crippen molar-refractivity contribution in [1.29, 1.82) is 0 Å². The van der Waals surface area contributed by atoms with Crippen molar-refractivity contribution >= 4 is 43.0 Å². The van der Waals surface area contributed by atoms with Gasteiger partial charge in [0, 0.05) is 26.2 Å². The summed E-state index contributed by atoms with van der Waals surface area (Å²) in [4.78, 5) is 12.9. The first-order chi connectivity index (χ1) is 10.3. The fourth-order valence-electron chi connectivity index (χ4n) is 2.83. The molecule has 102 valence electrons. The monoisotopic (exact) mass is 292 g/mol. The molecule has 0 bridgehead atoms. The molecule has 0 saturated carbocycles. The summed E-state index contributed by atoms with van der Waals surface area (Å²) in [5.74, 6) is 0.768. The van der Waals surface area contributed by atoms with Crippen LogP contribution in [0.1, 0.15) is 0 Å². The maximum atomic E-state index is 12.9. The molecular formula is C18H12O2S. The summed E-state index contributed by atoms with van der Waals surface area (Å²) in [5, 5.41) is 6.65. The standard InChI is InChI=1S/C18H12O2S/c1-20-11-6-7-13-16(10-11)15-8-9-21-18(15)14-5-3-2-4-12(14)17(13)19/h2-10H,1H3. The molecule has 0 aliphatic heterocycles. The number of benzene rings is 2. The van der Waals surface area contributed by atoms with Gasteiger partial charge in [-0.1, -0.05) is 24.3 Å². The van der Waals surface area contributed by atoms with Crippen molar-refractivity contribution < 1.29 is 4.74 Å². The van der Waals surface area contributed by atoms with E-state index in [1.807, 2.05) is 42.5 Å². The number of ether oxygens (including phenoxy) is 1. The third-order valence-electron chi connectivity index (χ3n) is 3.84. The van der Waals surface area contributed by atoms with Gasteiger partial charge in [-0.25, -0.2) is 0 Å². The molecule has 4 aromatic rings. The lowest BCUT2D eigenvalue weighted by Gasteiger charge is -2.00. The van der Waals surface area contributed by atoms with Crippen LogP contribution < -0.4 is 10.2 Å². The molecular weight excluding hydrogens is 280 g/mol. The van der Waals surface area contributed by atoms with Crippen LogP contribution in [0.2, 0.25) is 0 Å². The lowest BCUT2D eigenvalue weighted by atomic mass is 10.1. The van der Waals surface area contributed by atoms with Gasteiger partial charge < -0.3 is 4.74 Å². The summed E-state index contributed by atoms with van der Waals surface area (Å²) in [6.07, 6.45) is 0. The molecule has 2 nitrogen and oxygen atoms in total. The van der Waals surface area contributed by atoms with Crippen molar-refractivity contribution in [2.24, 2.45) is 0 Å². The second-order valence-corrected chi connectivity index (χ2v) is 5.87. The highest BCUT2D eigenvalue weighted by atomic mass is 32.1. The van der Waals surface area contributed by atoms with Crippen LogP contribution in [0.15, 0.2) is 58.7 Å². The predicted octanol–water partition coefficient (Wildman–Crippen LogP) is 4.58. The number of methoxy groups -OCH3 is 1. The van der Waals surface area contributed by atoms with E-state index in [2.05, 4.69) is 11.4 Å². The van der Waals surface area contributed by atoms with Crippen molar-refractivity contribution in [3.63, 3.8) is 0 Å². The quantitative estimate of drug-likeness (QED) is 0.513. The van der Waals surface area contributed by atoms with Crippen LogP contribution in [0.3, 0.4) is 0 Å². The predicted molar refractivity (Wildman–Crippen MR) is 89.7 cm³/mol. The summed E-state index contributed by atoms with van der Waals surface area (Å²) >= 11 is 1.67. The summed E-state index contributed by atoms with van der Waals surface area (Å²) in [6.45, 7) is 0. The molecule has 0 radical (unpaired) electrons. The van der Waals surface area contributed by atoms with Crippen molar-refractivity contribution in [3.8, 4) is 5.75 Å². The van der Waals surface area contributed by atoms with Gasteiger partial charge in [0.05, 0.1) is 7.11 Å². The van der Waals surface area contributed by atoms with E-state index in [0.29, 0.717) is 0 Å². The van der Waals surface area contributed by atoms with Gasteiger partial charge in [-0.05, 0) is 35.0 Å². The van der Waals surface area contributed by atoms with Crippen molar-refractivity contribution in [1.82, 2.24) is 0 Å². The first-order valence-electron chi connectivity index (χ1n) is 6.69. The molecule has 0 spiro atoms. The van der Waals surface area contributed by atoms with Crippen LogP contribution in [0.5, 0.6) is 5.75 Å². The zero-order valence-corrected chi connectivity index (χ0v) is 12.2. The van der Waals surface area contributed by atoms with Crippen LogP contribution in [-0.4, -0.2) is 7.11 Å². The van der Waals surface area contributed by atoms with Gasteiger partial charge in [0.15, 0.2) is 5.43 Å². The van der Waals surface area contributed by atoms with Gasteiger partial charge in [-0.3, -0.25) is 4.79 Å². The zero-order chi connectivity index (χ0) is 14.4. The number of rotatable bonds is 1. The largest absolute Gasteiger partial charge is 0.497 e. The average molecular weight is 292 g/mol. The van der Waals surface area contributed by atoms with Crippen molar-refractivity contribution in [2.75, 3.05) is 7.11 Å². The summed E-state index contributed by atoms with van der Waals surface area (Å²) < 4.78 is 6.46. The Morgan fingerprint density at radius 3 is 2.38 bits per heavy atom. The Hall–Kier alpha value is -2.39. The Balaban J connectivity index is 2.43. The van der Waals surface area contributed by atoms with E-state index in [1.54, 1.807) is 18.4 Å². The third kappa shape index (κ3) is 1.74. The third-order valence-corrected chi connectivity index (χ3v) is 4.79. The fourth-order valence-corrected chi connectivity index (χ4v) is 3.78. The Bertz CT molecular complexity index is 1050. The van der Waals surface area contributed by atoms with Crippen LogP contribution in [0.4, 0.5) is 0 Å². The zero-order valence-electron chi connectivity index (χ0n) is 11.4. The van der Waals surface area contributed by atoms with E-state index in [9.17, 15) is 4.79 Å². The van der Waals surface area contributed by atoms with Gasteiger partial charge in [0.2, 0.25) is 0 Å². The van der Waals surface area contributed by atoms with Gasteiger partial charge in [0.1, 0.15) is 5.75 Å². The molecule has 0 amide bonds. The highest BCUT2D eigenvalue weighted by Crippen LogP contribution is 2.33. The smallest absolute Gasteiger partial charge is 0.194 e. The topological polar surface area (TPSA) is 26.3 Å². The van der Waals surface area contributed by atoms with Crippen LogP contribution in [-0.2, 0) is 0 Å². The fraction of sp³-hybridized carbons (Fsp3) is 0.0556. The number of hydrogen-bond acceptors (Lipinski definition) is 3. The van der Waals surface area contributed by atoms with Crippen LogP contribution in [0.25, 0.3) is 31.6 Å². The Kier molecular flexibility index (Phi) is 2.69. The van der Waals surface area contributed by atoms with Crippen LogP contribution in [0, 0.1) is 0 Å². The van der Waals surface area contributed by atoms with Crippen molar-refractivity contribution in [3.05, 3.63) is 64.1 Å². The van der Waals surface area contributed by atoms with Gasteiger partial charge in [-0.2, -0.15) is 0 Å². The molecule has 0 saturated heterocycles. The lowest BCUT2D eigenvalue weighted by Crippen LogP contribution is -1.98. The number of thiophene rings is 1. The van der Waals surface area contributed by atoms with Gasteiger partial charge >= 0.3 is 0 Å². The second-order valence-electron chi connectivity index (χ2n) is 4.95. The molecule has 1 heterocycles. The minimum absolute atomic E-state index is 0.0756. The Morgan fingerprint density at radius 2 is 1.57 bits per heavy atom. The first-order valence-corrected chi connectivity index (χ1v) is 7.57. The minimum atomic E-state index is 0.0756. The van der Waals surface area contributed by atoms with Crippen molar-refractivity contribution in [2.45, 2.75) is 0 Å². The second kappa shape index (κ2) is 4.57. The molecule has 0 N–H and O–H groups in total. The molecule has 3 heteroatoms. The van der Waals surface area contributed by atoms with E-state index in [4.69, 9.17) is 4.74 Å². The molecule has 4 rings (SSSR count). The van der Waals surface area contributed by atoms with E-state index in [-0.39, 0.29) is 5.43 Å². The Morgan fingerprint density at radius 1 is 0.857 bits per heavy atom. The normalized spacial score (nSPS) is 11.3. The summed E-state index contributed by atoms with van der Waals surface area (Å²) in [5.41, 5.74) is 0.0756. The van der Waals surface area contributed by atoms with Gasteiger partial charge in [0.25, 0.3) is 0 Å². The summed E-state index contributed by atoms with van der Waals surface area (Å²) in [7, 11) is 1.64. The Labute approximate surface area is 125 Å². The number of hydrogen-bond donors (Lipinski definition) is 0. The van der Waals surface area contributed by atoms with E-state index in [0.717, 1.165) is 37.4 Å². The summed E-state index contributed by atoms with van der Waals surface area (Å²) in [6, 6.07) is 15.5. The molecule has 0 unspecified atom stereocenters. The maximum absolute atomic E-state index is 12.9. The molecule has 0 aliphatic carbocycles. The van der Waals surface area contributed by atoms with E-state index in [1.165, 1.54) is 0 Å². The lowest BCUT2D eigenvalue weighted by molar-refractivity contribution is 0.415. The molecule has 0 fully saturated rings. The first kappa shape index (κ1) is 12.4. The van der Waals surface area contributed by atoms with E-state index >= 15 is 0 Å². The molecule has 0 aliphatic rings. The molecule has 21 heavy (non-hydrogen) atoms. The highest BCUT2D eigenvalue weighted by molar-refractivity contribution is 7.18. The maximum Gasteiger partial charge on any atom is 0.194 e.